The Labute approximate surface area is 391 Å². The van der Waals surface area contributed by atoms with Crippen molar-refractivity contribution in [1.29, 1.82) is 0 Å². The number of hydrogen-bond donors (Lipinski definition) is 3. The predicted molar refractivity (Wildman–Crippen MR) is 246 cm³/mol. The van der Waals surface area contributed by atoms with Crippen LogP contribution in [0.3, 0.4) is 0 Å². The lowest BCUT2D eigenvalue weighted by Gasteiger charge is -2.71. The van der Waals surface area contributed by atoms with E-state index in [9.17, 15) is 28.5 Å². The zero-order valence-electron chi connectivity index (χ0n) is 38.3. The van der Waals surface area contributed by atoms with E-state index in [-0.39, 0.29) is 57.2 Å². The molecular formula is C55H65ClF3NO6. The highest BCUT2D eigenvalue weighted by molar-refractivity contribution is 6.33. The lowest BCUT2D eigenvalue weighted by Crippen LogP contribution is -2.67. The minimum absolute atomic E-state index is 0.0269. The predicted octanol–water partition coefficient (Wildman–Crippen LogP) is 11.5. The second kappa shape index (κ2) is 15.9. The van der Waals surface area contributed by atoms with Gasteiger partial charge in [-0.25, -0.2) is 0 Å². The molecule has 1 aromatic heterocycles. The van der Waals surface area contributed by atoms with Crippen molar-refractivity contribution in [2.75, 3.05) is 26.2 Å². The van der Waals surface area contributed by atoms with Crippen molar-refractivity contribution in [2.24, 2.45) is 56.7 Å². The first-order valence-corrected chi connectivity index (χ1v) is 25.1. The average Bonchev–Trinajstić information content (AvgIpc) is 3.85. The van der Waals surface area contributed by atoms with Crippen molar-refractivity contribution in [3.05, 3.63) is 106 Å². The lowest BCUT2D eigenvalue weighted by molar-refractivity contribution is -0.179. The minimum atomic E-state index is -4.59. The molecule has 11 heteroatoms. The molecule has 7 fully saturated rings. The van der Waals surface area contributed by atoms with Crippen LogP contribution >= 0.6 is 11.6 Å². The number of halogens is 4. The molecule has 13 rings (SSSR count). The smallest absolute Gasteiger partial charge is 0.416 e. The fraction of sp³-hybridized carbons (Fsp3) is 0.618. The van der Waals surface area contributed by atoms with Crippen LogP contribution in [0.5, 0.6) is 0 Å². The van der Waals surface area contributed by atoms with E-state index in [1.54, 1.807) is 6.07 Å². The molecule has 0 amide bonds. The highest BCUT2D eigenvalue weighted by atomic mass is 35.5. The largest absolute Gasteiger partial charge is 0.453 e. The first kappa shape index (κ1) is 45.2. The van der Waals surface area contributed by atoms with Gasteiger partial charge in [0.05, 0.1) is 41.6 Å². The Morgan fingerprint density at radius 2 is 1.56 bits per heavy atom. The number of carbonyl (C=O) groups is 1. The van der Waals surface area contributed by atoms with Crippen LogP contribution in [0.25, 0.3) is 11.3 Å². The summed E-state index contributed by atoms with van der Waals surface area (Å²) in [5.41, 5.74) is -2.29. The first-order valence-electron chi connectivity index (χ1n) is 24.7. The van der Waals surface area contributed by atoms with Crippen LogP contribution < -0.4 is 0 Å². The fourth-order valence-electron chi connectivity index (χ4n) is 17.0. The number of Topliss-reactive ketones (excluding diaryl/α,β-unsaturated/α-hetero) is 1. The Morgan fingerprint density at radius 1 is 0.879 bits per heavy atom. The van der Waals surface area contributed by atoms with Crippen LogP contribution in [0.2, 0.25) is 5.02 Å². The normalized spacial score (nSPS) is 40.0. The van der Waals surface area contributed by atoms with Gasteiger partial charge in [-0.15, -0.1) is 0 Å². The number of hydrogen-bond acceptors (Lipinski definition) is 7. The Hall–Kier alpha value is -3.25. The number of rotatable bonds is 13. The van der Waals surface area contributed by atoms with Crippen LogP contribution in [0.15, 0.2) is 88.9 Å². The molecule has 3 N–H and O–H groups in total. The second-order valence-electron chi connectivity index (χ2n) is 23.2. The minimum Gasteiger partial charge on any atom is -0.453 e. The third-order valence-corrected chi connectivity index (χ3v) is 19.8. The molecule has 0 aliphatic heterocycles. The maximum atomic E-state index is 15.4. The van der Waals surface area contributed by atoms with E-state index in [1.165, 1.54) is 50.7 Å². The Balaban J connectivity index is 0.926. The van der Waals surface area contributed by atoms with E-state index in [1.807, 2.05) is 30.3 Å². The van der Waals surface area contributed by atoms with Crippen molar-refractivity contribution >= 4 is 17.4 Å². The Kier molecular flexibility index (Phi) is 10.9. The summed E-state index contributed by atoms with van der Waals surface area (Å²) in [6.45, 7) is 6.86. The van der Waals surface area contributed by atoms with E-state index in [0.29, 0.717) is 51.0 Å². The zero-order chi connectivity index (χ0) is 46.1. The van der Waals surface area contributed by atoms with Crippen LogP contribution in [0, 0.1) is 56.7 Å². The maximum Gasteiger partial charge on any atom is 0.416 e. The summed E-state index contributed by atoms with van der Waals surface area (Å²) >= 11 is 6.46. The van der Waals surface area contributed by atoms with Crippen LogP contribution in [-0.4, -0.2) is 70.1 Å². The van der Waals surface area contributed by atoms with E-state index in [0.717, 1.165) is 61.3 Å². The van der Waals surface area contributed by atoms with Crippen LogP contribution in [0.4, 0.5) is 13.2 Å². The molecule has 10 aliphatic carbocycles. The number of aliphatic hydroxyl groups excluding tert-OH is 2. The molecule has 7 saturated carbocycles. The summed E-state index contributed by atoms with van der Waals surface area (Å²) in [5.74, 6) is 2.00. The molecule has 2 spiro atoms. The Bertz CT molecular complexity index is 2400. The van der Waals surface area contributed by atoms with Crippen molar-refractivity contribution in [2.45, 2.75) is 128 Å². The molecule has 7 nitrogen and oxygen atoms in total. The molecule has 3 aromatic rings. The zero-order valence-corrected chi connectivity index (χ0v) is 39.1. The van der Waals surface area contributed by atoms with Gasteiger partial charge in [-0.05, 0) is 160 Å². The van der Waals surface area contributed by atoms with Crippen molar-refractivity contribution in [3.8, 4) is 11.3 Å². The first-order chi connectivity index (χ1) is 31.4. The molecule has 66 heavy (non-hydrogen) atoms. The van der Waals surface area contributed by atoms with Gasteiger partial charge < -0.3 is 24.5 Å². The number of ether oxygens (including phenoxy) is 1. The molecule has 0 saturated heterocycles. The highest BCUT2D eigenvalue weighted by Crippen LogP contribution is 2.78. The third kappa shape index (κ3) is 7.10. The topological polar surface area (TPSA) is 103 Å². The van der Waals surface area contributed by atoms with Gasteiger partial charge in [0, 0.05) is 47.0 Å². The number of carbonyl (C=O) groups excluding carboxylic acids is 1. The molecule has 0 radical (unpaired) electrons. The summed E-state index contributed by atoms with van der Waals surface area (Å²) < 4.78 is 53.8. The molecular weight excluding hydrogens is 863 g/mol. The van der Waals surface area contributed by atoms with Gasteiger partial charge in [0.15, 0.2) is 5.76 Å². The molecule has 10 aliphatic rings. The summed E-state index contributed by atoms with van der Waals surface area (Å²) in [4.78, 5) is 17.8. The molecule has 6 bridgehead atoms. The van der Waals surface area contributed by atoms with Gasteiger partial charge in [0.2, 0.25) is 5.78 Å². The van der Waals surface area contributed by atoms with E-state index >= 15 is 4.79 Å². The van der Waals surface area contributed by atoms with Gasteiger partial charge in [-0.3, -0.25) is 9.69 Å². The molecule has 1 heterocycles. The number of fused-ring (bicyclic) bond motifs is 1. The second-order valence-corrected chi connectivity index (χ2v) is 23.6. The number of aliphatic hydroxyl groups is 3. The van der Waals surface area contributed by atoms with E-state index < -0.39 is 45.8 Å². The van der Waals surface area contributed by atoms with Gasteiger partial charge in [0.1, 0.15) is 5.76 Å². The molecule has 9 unspecified atom stereocenters. The maximum absolute atomic E-state index is 15.4. The number of nitrogens with zero attached hydrogens (tertiary/aromatic N) is 1. The monoisotopic (exact) mass is 927 g/mol. The number of benzene rings is 2. The lowest BCUT2D eigenvalue weighted by atomic mass is 9.32. The van der Waals surface area contributed by atoms with Gasteiger partial charge in [-0.2, -0.15) is 13.2 Å². The number of furan rings is 1. The summed E-state index contributed by atoms with van der Waals surface area (Å²) in [6, 6.07) is 16.1. The number of ketones is 1. The average molecular weight is 929 g/mol. The SMILES string of the molecule is CC12CCC(O)CC13C=CC1(C(C(=O)c4ccc(-c5cc(C(F)(F)F)ccc5Cl)o4)=C3)C2CCC2(C)C1CCC2(O)CN(CC(O)COCc1ccccc1)CC12CC3CC(CC(C3)C1)C2. The molecule has 9 atom stereocenters. The summed E-state index contributed by atoms with van der Waals surface area (Å²) in [7, 11) is 0. The summed E-state index contributed by atoms with van der Waals surface area (Å²) in [6.07, 6.45) is 13.2. The van der Waals surface area contributed by atoms with Crippen LogP contribution in [-0.2, 0) is 17.5 Å². The number of alkyl halides is 3. The van der Waals surface area contributed by atoms with Gasteiger partial charge in [-0.1, -0.05) is 74.0 Å². The van der Waals surface area contributed by atoms with Gasteiger partial charge >= 0.3 is 6.18 Å². The quantitative estimate of drug-likeness (QED) is 0.116. The fourth-order valence-corrected chi connectivity index (χ4v) is 17.2. The van der Waals surface area contributed by atoms with Crippen molar-refractivity contribution in [1.82, 2.24) is 4.90 Å². The van der Waals surface area contributed by atoms with Crippen molar-refractivity contribution < 1.29 is 42.4 Å². The van der Waals surface area contributed by atoms with E-state index in [4.69, 9.17) is 20.8 Å². The molecule has 354 valence electrons. The van der Waals surface area contributed by atoms with Crippen LogP contribution in [0.1, 0.15) is 119 Å². The number of allylic oxidation sites excluding steroid dienone is 4. The highest BCUT2D eigenvalue weighted by Gasteiger charge is 2.75. The standard InChI is InChI=1S/C55H65ClF3NO6/c1-49-15-12-39(61)27-52(49)18-19-54(42(28-52)48(63)45-11-10-44(66-45)41-23-38(55(57,58)59)8-9-43(41)56)46(49)13-16-50(2)47(54)14-17-53(50,64)33-60(29-40(62)31-65-30-34-6-4-3-5-7-34)32-51-24-35-20-36(25-51)22-37(21-35)26-51/h3-11,18-19,23,28,35-37,39-40,46-47,61-62,64H,12-17,20-22,24-27,29-33H2,1-2H3. The molecule has 2 aromatic carbocycles. The Morgan fingerprint density at radius 3 is 2.27 bits per heavy atom. The summed E-state index contributed by atoms with van der Waals surface area (Å²) in [5, 5.41) is 36.6. The third-order valence-electron chi connectivity index (χ3n) is 19.4. The van der Waals surface area contributed by atoms with Crippen molar-refractivity contribution in [3.63, 3.8) is 0 Å². The van der Waals surface area contributed by atoms with Gasteiger partial charge in [0.25, 0.3) is 0 Å². The van der Waals surface area contributed by atoms with E-state index in [2.05, 4.69) is 37.0 Å².